The molecule has 1 aliphatic rings. The molecular formula is C17H18N4O2. The molecule has 1 aromatic carbocycles. The molecule has 0 amide bonds. The fourth-order valence-corrected chi connectivity index (χ4v) is 2.70. The van der Waals surface area contributed by atoms with E-state index in [9.17, 15) is 9.90 Å². The van der Waals surface area contributed by atoms with Gasteiger partial charge in [0.05, 0.1) is 17.3 Å². The van der Waals surface area contributed by atoms with Crippen molar-refractivity contribution in [2.45, 2.75) is 26.7 Å². The number of allylic oxidation sites excluding steroid dienone is 2. The number of ketones is 1. The summed E-state index contributed by atoms with van der Waals surface area (Å²) in [5.41, 5.74) is 3.67. The standard InChI is InChI=1S/C17H18N4O2/c1-17(2)7-14(22)12(15(23)8-17)9-20-21-16-11-5-3-4-6-13(11)18-10-19-16/h3-6,9-10,22H,7-8H2,1-2H3,(H,18,19,21)/b20-9+. The molecule has 23 heavy (non-hydrogen) atoms. The van der Waals surface area contributed by atoms with E-state index in [-0.39, 0.29) is 22.5 Å². The monoisotopic (exact) mass is 310 g/mol. The second-order valence-electron chi connectivity index (χ2n) is 6.41. The van der Waals surface area contributed by atoms with Crippen LogP contribution < -0.4 is 5.43 Å². The van der Waals surface area contributed by atoms with Gasteiger partial charge in [-0.3, -0.25) is 10.2 Å². The number of aromatic nitrogens is 2. The highest BCUT2D eigenvalue weighted by Crippen LogP contribution is 2.35. The molecule has 1 aromatic heterocycles. The largest absolute Gasteiger partial charge is 0.511 e. The summed E-state index contributed by atoms with van der Waals surface area (Å²) >= 11 is 0. The van der Waals surface area contributed by atoms with Gasteiger partial charge in [0.15, 0.2) is 11.6 Å². The average Bonchev–Trinajstić information content (AvgIpc) is 2.49. The zero-order valence-electron chi connectivity index (χ0n) is 13.1. The van der Waals surface area contributed by atoms with Crippen molar-refractivity contribution in [1.82, 2.24) is 9.97 Å². The molecule has 3 rings (SSSR count). The van der Waals surface area contributed by atoms with Gasteiger partial charge in [0.25, 0.3) is 0 Å². The van der Waals surface area contributed by atoms with Crippen LogP contribution in [-0.4, -0.2) is 27.1 Å². The minimum Gasteiger partial charge on any atom is -0.511 e. The molecule has 6 nitrogen and oxygen atoms in total. The van der Waals surface area contributed by atoms with Crippen LogP contribution in [0.3, 0.4) is 0 Å². The highest BCUT2D eigenvalue weighted by atomic mass is 16.3. The Bertz CT molecular complexity index is 819. The molecule has 2 aromatic rings. The Hall–Kier alpha value is -2.76. The molecule has 2 N–H and O–H groups in total. The number of hydrogen-bond acceptors (Lipinski definition) is 6. The molecule has 0 atom stereocenters. The maximum atomic E-state index is 12.1. The summed E-state index contributed by atoms with van der Waals surface area (Å²) in [7, 11) is 0. The van der Waals surface area contributed by atoms with Crippen molar-refractivity contribution in [2.75, 3.05) is 5.43 Å². The number of carbonyl (C=O) groups is 1. The zero-order chi connectivity index (χ0) is 16.4. The number of nitrogens with zero attached hydrogens (tertiary/aromatic N) is 3. The second kappa shape index (κ2) is 5.79. The molecule has 0 saturated carbocycles. The van der Waals surface area contributed by atoms with Crippen LogP contribution in [0.15, 0.2) is 47.0 Å². The number of fused-ring (bicyclic) bond motifs is 1. The third-order valence-electron chi connectivity index (χ3n) is 3.80. The van der Waals surface area contributed by atoms with E-state index in [0.717, 1.165) is 10.9 Å². The molecule has 0 bridgehead atoms. The normalized spacial score (nSPS) is 17.9. The number of para-hydroxylation sites is 1. The van der Waals surface area contributed by atoms with E-state index in [1.807, 2.05) is 38.1 Å². The van der Waals surface area contributed by atoms with Gasteiger partial charge in [-0.1, -0.05) is 26.0 Å². The quantitative estimate of drug-likeness (QED) is 0.671. The summed E-state index contributed by atoms with van der Waals surface area (Å²) in [6.07, 6.45) is 3.68. The maximum absolute atomic E-state index is 12.1. The number of aliphatic hydroxyl groups is 1. The van der Waals surface area contributed by atoms with Crippen LogP contribution in [0.4, 0.5) is 5.82 Å². The van der Waals surface area contributed by atoms with Gasteiger partial charge in [-0.05, 0) is 17.5 Å². The van der Waals surface area contributed by atoms with Crippen LogP contribution >= 0.6 is 0 Å². The fraction of sp³-hybridized carbons (Fsp3) is 0.294. The van der Waals surface area contributed by atoms with Crippen LogP contribution in [0.1, 0.15) is 26.7 Å². The zero-order valence-corrected chi connectivity index (χ0v) is 13.1. The lowest BCUT2D eigenvalue weighted by molar-refractivity contribution is -0.117. The van der Waals surface area contributed by atoms with Crippen molar-refractivity contribution < 1.29 is 9.90 Å². The Morgan fingerprint density at radius 3 is 2.83 bits per heavy atom. The van der Waals surface area contributed by atoms with E-state index in [0.29, 0.717) is 18.7 Å². The lowest BCUT2D eigenvalue weighted by Crippen LogP contribution is -2.26. The number of rotatable bonds is 3. The van der Waals surface area contributed by atoms with Crippen molar-refractivity contribution in [3.8, 4) is 0 Å². The topological polar surface area (TPSA) is 87.5 Å². The summed E-state index contributed by atoms with van der Waals surface area (Å²) in [6, 6.07) is 7.56. The van der Waals surface area contributed by atoms with E-state index in [4.69, 9.17) is 0 Å². The van der Waals surface area contributed by atoms with Gasteiger partial charge in [-0.25, -0.2) is 9.97 Å². The number of anilines is 1. The number of carbonyl (C=O) groups excluding carboxylic acids is 1. The Morgan fingerprint density at radius 1 is 1.26 bits per heavy atom. The van der Waals surface area contributed by atoms with Gasteiger partial charge < -0.3 is 5.11 Å². The first kappa shape index (κ1) is 15.1. The molecule has 1 heterocycles. The average molecular weight is 310 g/mol. The highest BCUT2D eigenvalue weighted by Gasteiger charge is 2.32. The van der Waals surface area contributed by atoms with Crippen molar-refractivity contribution >= 4 is 28.7 Å². The summed E-state index contributed by atoms with van der Waals surface area (Å²) in [6.45, 7) is 3.92. The van der Waals surface area contributed by atoms with Crippen molar-refractivity contribution in [3.05, 3.63) is 41.9 Å². The van der Waals surface area contributed by atoms with Crippen molar-refractivity contribution in [3.63, 3.8) is 0 Å². The first-order valence-corrected chi connectivity index (χ1v) is 7.40. The predicted molar refractivity (Wildman–Crippen MR) is 89.3 cm³/mol. The van der Waals surface area contributed by atoms with Crippen LogP contribution in [0.25, 0.3) is 10.9 Å². The SMILES string of the molecule is CC1(C)CC(=O)C(/C=N/Nc2ncnc3ccccc23)=C(O)C1. The van der Waals surface area contributed by atoms with Crippen molar-refractivity contribution in [1.29, 1.82) is 0 Å². The summed E-state index contributed by atoms with van der Waals surface area (Å²) in [5.74, 6) is 0.539. The molecule has 118 valence electrons. The summed E-state index contributed by atoms with van der Waals surface area (Å²) < 4.78 is 0. The number of nitrogens with one attached hydrogen (secondary N) is 1. The Kier molecular flexibility index (Phi) is 3.82. The number of aliphatic hydroxyl groups excluding tert-OH is 1. The molecule has 0 saturated heterocycles. The second-order valence-corrected chi connectivity index (χ2v) is 6.41. The number of benzene rings is 1. The lowest BCUT2D eigenvalue weighted by atomic mass is 9.77. The van der Waals surface area contributed by atoms with Gasteiger partial charge in [0.2, 0.25) is 0 Å². The number of Topliss-reactive ketones (excluding diaryl/α,β-unsaturated/α-hetero) is 1. The molecule has 0 unspecified atom stereocenters. The minimum absolute atomic E-state index is 0.0874. The fourth-order valence-electron chi connectivity index (χ4n) is 2.70. The molecule has 0 aliphatic heterocycles. The van der Waals surface area contributed by atoms with E-state index >= 15 is 0 Å². The molecule has 0 radical (unpaired) electrons. The maximum Gasteiger partial charge on any atom is 0.168 e. The van der Waals surface area contributed by atoms with Gasteiger partial charge in [-0.2, -0.15) is 5.10 Å². The van der Waals surface area contributed by atoms with E-state index in [2.05, 4.69) is 20.5 Å². The van der Waals surface area contributed by atoms with Crippen molar-refractivity contribution in [2.24, 2.45) is 10.5 Å². The van der Waals surface area contributed by atoms with Gasteiger partial charge in [0, 0.05) is 18.2 Å². The molecule has 0 fully saturated rings. The third kappa shape index (κ3) is 3.21. The van der Waals surface area contributed by atoms with Crippen LogP contribution in [-0.2, 0) is 4.79 Å². The van der Waals surface area contributed by atoms with E-state index in [1.54, 1.807) is 0 Å². The minimum atomic E-state index is -0.213. The Morgan fingerprint density at radius 2 is 2.04 bits per heavy atom. The lowest BCUT2D eigenvalue weighted by Gasteiger charge is -2.28. The first-order chi connectivity index (χ1) is 11.0. The van der Waals surface area contributed by atoms with Crippen LogP contribution in [0, 0.1) is 5.41 Å². The first-order valence-electron chi connectivity index (χ1n) is 7.40. The smallest absolute Gasteiger partial charge is 0.168 e. The highest BCUT2D eigenvalue weighted by molar-refractivity contribution is 6.14. The molecule has 0 spiro atoms. The van der Waals surface area contributed by atoms with Crippen LogP contribution in [0.2, 0.25) is 0 Å². The summed E-state index contributed by atoms with van der Waals surface area (Å²) in [4.78, 5) is 20.4. The van der Waals surface area contributed by atoms with E-state index < -0.39 is 0 Å². The number of hydrogen-bond donors (Lipinski definition) is 2. The van der Waals surface area contributed by atoms with Crippen LogP contribution in [0.5, 0.6) is 0 Å². The Balaban J connectivity index is 1.82. The molecule has 1 aliphatic carbocycles. The summed E-state index contributed by atoms with van der Waals surface area (Å²) in [5, 5.41) is 15.0. The molecule has 6 heteroatoms. The van der Waals surface area contributed by atoms with Gasteiger partial charge in [0.1, 0.15) is 12.1 Å². The van der Waals surface area contributed by atoms with Gasteiger partial charge >= 0.3 is 0 Å². The Labute approximate surface area is 134 Å². The predicted octanol–water partition coefficient (Wildman–Crippen LogP) is 3.23. The number of hydrazone groups is 1. The van der Waals surface area contributed by atoms with Gasteiger partial charge in [-0.15, -0.1) is 0 Å². The van der Waals surface area contributed by atoms with E-state index in [1.165, 1.54) is 12.5 Å². The third-order valence-corrected chi connectivity index (χ3v) is 3.80. The molecular weight excluding hydrogens is 292 g/mol.